The molecule has 5 heteroatoms. The molecule has 1 aliphatic rings. The number of fused-ring (bicyclic) bond motifs is 3. The number of hydrogen-bond donors (Lipinski definition) is 0. The van der Waals surface area contributed by atoms with E-state index in [2.05, 4.69) is 4.98 Å². The van der Waals surface area contributed by atoms with Gasteiger partial charge in [-0.2, -0.15) is 0 Å². The van der Waals surface area contributed by atoms with Gasteiger partial charge in [0.05, 0.1) is 28.0 Å². The van der Waals surface area contributed by atoms with E-state index in [4.69, 9.17) is 0 Å². The van der Waals surface area contributed by atoms with Crippen LogP contribution in [0.15, 0.2) is 48.5 Å². The van der Waals surface area contributed by atoms with Crippen LogP contribution >= 0.6 is 0 Å². The number of benzene rings is 2. The zero-order valence-electron chi connectivity index (χ0n) is 12.2. The molecular weight excluding hydrogens is 295 g/mol. The summed E-state index contributed by atoms with van der Waals surface area (Å²) < 4.78 is 13.6. The first-order chi connectivity index (χ1) is 11.1. The van der Waals surface area contributed by atoms with Crippen molar-refractivity contribution in [3.05, 3.63) is 71.2 Å². The Bertz CT molecular complexity index is 983. The Morgan fingerprint density at radius 1 is 0.957 bits per heavy atom. The normalized spacial score (nSPS) is 13.7. The van der Waals surface area contributed by atoms with Crippen LogP contribution in [0.5, 0.6) is 0 Å². The fraction of sp³-hybridized carbons (Fsp3) is 0.0556. The molecule has 0 atom stereocenters. The van der Waals surface area contributed by atoms with Crippen molar-refractivity contribution in [3.63, 3.8) is 0 Å². The maximum Gasteiger partial charge on any atom is 0.268 e. The summed E-state index contributed by atoms with van der Waals surface area (Å²) in [6.07, 6.45) is 0. The molecule has 2 heterocycles. The van der Waals surface area contributed by atoms with Crippen molar-refractivity contribution in [2.45, 2.75) is 6.92 Å². The molecule has 0 fully saturated rings. The second-order valence-corrected chi connectivity index (χ2v) is 5.39. The summed E-state index contributed by atoms with van der Waals surface area (Å²) in [7, 11) is 0. The van der Waals surface area contributed by atoms with Crippen LogP contribution in [0.1, 0.15) is 26.4 Å². The summed E-state index contributed by atoms with van der Waals surface area (Å²) in [5, 5.41) is 0.363. The Morgan fingerprint density at radius 2 is 1.65 bits per heavy atom. The molecule has 23 heavy (non-hydrogen) atoms. The van der Waals surface area contributed by atoms with Crippen molar-refractivity contribution in [2.75, 3.05) is 4.90 Å². The van der Waals surface area contributed by atoms with E-state index in [0.29, 0.717) is 22.3 Å². The van der Waals surface area contributed by atoms with E-state index < -0.39 is 17.6 Å². The molecule has 2 amide bonds. The highest BCUT2D eigenvalue weighted by Gasteiger charge is 2.40. The number of amides is 2. The van der Waals surface area contributed by atoms with Crippen LogP contribution in [-0.4, -0.2) is 16.8 Å². The summed E-state index contributed by atoms with van der Waals surface area (Å²) >= 11 is 0. The van der Waals surface area contributed by atoms with Gasteiger partial charge in [-0.25, -0.2) is 9.29 Å². The first-order valence-corrected chi connectivity index (χ1v) is 7.11. The molecule has 0 spiro atoms. The highest BCUT2D eigenvalue weighted by molar-refractivity contribution is 6.37. The number of hydrogen-bond acceptors (Lipinski definition) is 3. The van der Waals surface area contributed by atoms with Crippen molar-refractivity contribution in [3.8, 4) is 0 Å². The number of carbonyl (C=O) groups excluding carboxylic acids is 2. The fourth-order valence-electron chi connectivity index (χ4n) is 2.97. The molecule has 0 bridgehead atoms. The third-order valence-corrected chi connectivity index (χ3v) is 3.98. The lowest BCUT2D eigenvalue weighted by Gasteiger charge is -2.13. The Labute approximate surface area is 131 Å². The van der Waals surface area contributed by atoms with Gasteiger partial charge >= 0.3 is 0 Å². The predicted molar refractivity (Wildman–Crippen MR) is 84.0 cm³/mol. The maximum atomic E-state index is 13.6. The highest BCUT2D eigenvalue weighted by Crippen LogP contribution is 2.34. The monoisotopic (exact) mass is 306 g/mol. The first kappa shape index (κ1) is 13.6. The standard InChI is InChI=1S/C18H11FN2O2/c1-10-15-16(13-9-11(19)7-8-14(13)20-10)18(23)21(17(15)22)12-5-3-2-4-6-12/h2-9H,1H3. The van der Waals surface area contributed by atoms with E-state index in [1.165, 1.54) is 18.2 Å². The molecule has 0 saturated carbocycles. The number of aryl methyl sites for hydroxylation is 1. The van der Waals surface area contributed by atoms with Crippen molar-refractivity contribution in [2.24, 2.45) is 0 Å². The number of anilines is 1. The lowest BCUT2D eigenvalue weighted by molar-refractivity contribution is 0.0926. The smallest absolute Gasteiger partial charge is 0.268 e. The number of nitrogens with zero attached hydrogens (tertiary/aromatic N) is 2. The number of halogens is 1. The number of rotatable bonds is 1. The van der Waals surface area contributed by atoms with Gasteiger partial charge in [0.25, 0.3) is 11.8 Å². The van der Waals surface area contributed by atoms with Gasteiger partial charge in [-0.15, -0.1) is 0 Å². The molecule has 1 aliphatic heterocycles. The average Bonchev–Trinajstić information content (AvgIpc) is 2.81. The molecule has 112 valence electrons. The number of para-hydroxylation sites is 1. The average molecular weight is 306 g/mol. The summed E-state index contributed by atoms with van der Waals surface area (Å²) in [6, 6.07) is 12.7. The molecule has 1 aromatic heterocycles. The van der Waals surface area contributed by atoms with Crippen LogP contribution < -0.4 is 4.90 Å². The molecule has 0 radical (unpaired) electrons. The minimum Gasteiger partial charge on any atom is -0.268 e. The van der Waals surface area contributed by atoms with E-state index in [1.54, 1.807) is 37.3 Å². The van der Waals surface area contributed by atoms with Gasteiger partial charge in [0, 0.05) is 5.39 Å². The maximum absolute atomic E-state index is 13.6. The van der Waals surface area contributed by atoms with Gasteiger partial charge in [0.2, 0.25) is 0 Å². The third kappa shape index (κ3) is 1.86. The summed E-state index contributed by atoms with van der Waals surface area (Å²) in [5.74, 6) is -1.34. The van der Waals surface area contributed by atoms with Gasteiger partial charge in [-0.1, -0.05) is 18.2 Å². The SMILES string of the molecule is Cc1nc2ccc(F)cc2c2c1C(=O)N(c1ccccc1)C2=O. The molecule has 0 unspecified atom stereocenters. The molecular formula is C18H11FN2O2. The number of imide groups is 1. The molecule has 0 aliphatic carbocycles. The fourth-order valence-corrected chi connectivity index (χ4v) is 2.97. The van der Waals surface area contributed by atoms with Gasteiger partial charge in [0.15, 0.2) is 0 Å². The zero-order chi connectivity index (χ0) is 16.1. The van der Waals surface area contributed by atoms with Crippen molar-refractivity contribution in [1.82, 2.24) is 4.98 Å². The molecule has 3 aromatic rings. The molecule has 0 N–H and O–H groups in total. The summed E-state index contributed by atoms with van der Waals surface area (Å²) in [5.41, 5.74) is 1.93. The van der Waals surface area contributed by atoms with E-state index in [0.717, 1.165) is 4.90 Å². The van der Waals surface area contributed by atoms with Crippen molar-refractivity contribution >= 4 is 28.4 Å². The van der Waals surface area contributed by atoms with Crippen molar-refractivity contribution in [1.29, 1.82) is 0 Å². The van der Waals surface area contributed by atoms with Crippen molar-refractivity contribution < 1.29 is 14.0 Å². The summed E-state index contributed by atoms with van der Waals surface area (Å²) in [4.78, 5) is 31.0. The minimum atomic E-state index is -0.469. The first-order valence-electron chi connectivity index (χ1n) is 7.11. The predicted octanol–water partition coefficient (Wildman–Crippen LogP) is 3.48. The zero-order valence-corrected chi connectivity index (χ0v) is 12.2. The van der Waals surface area contributed by atoms with E-state index in [9.17, 15) is 14.0 Å². The van der Waals surface area contributed by atoms with E-state index in [-0.39, 0.29) is 11.1 Å². The van der Waals surface area contributed by atoms with Crippen LogP contribution in [0.3, 0.4) is 0 Å². The Kier molecular flexibility index (Phi) is 2.78. The number of aromatic nitrogens is 1. The second-order valence-electron chi connectivity index (χ2n) is 5.39. The van der Waals surface area contributed by atoms with Crippen LogP contribution in [0.4, 0.5) is 10.1 Å². The number of pyridine rings is 1. The quantitative estimate of drug-likeness (QED) is 0.647. The van der Waals surface area contributed by atoms with Crippen LogP contribution in [0.25, 0.3) is 10.9 Å². The van der Waals surface area contributed by atoms with Gasteiger partial charge in [-0.3, -0.25) is 14.6 Å². The molecule has 4 rings (SSSR count). The number of carbonyl (C=O) groups is 2. The van der Waals surface area contributed by atoms with E-state index >= 15 is 0 Å². The molecule has 2 aromatic carbocycles. The summed E-state index contributed by atoms with van der Waals surface area (Å²) in [6.45, 7) is 1.68. The highest BCUT2D eigenvalue weighted by atomic mass is 19.1. The van der Waals surface area contributed by atoms with Crippen LogP contribution in [0.2, 0.25) is 0 Å². The Hall–Kier alpha value is -3.08. The van der Waals surface area contributed by atoms with Gasteiger partial charge < -0.3 is 0 Å². The van der Waals surface area contributed by atoms with Gasteiger partial charge in [-0.05, 0) is 37.3 Å². The third-order valence-electron chi connectivity index (χ3n) is 3.98. The Balaban J connectivity index is 2.02. The van der Waals surface area contributed by atoms with Gasteiger partial charge in [0.1, 0.15) is 5.82 Å². The lowest BCUT2D eigenvalue weighted by atomic mass is 10.0. The second kappa shape index (κ2) is 4.71. The van der Waals surface area contributed by atoms with E-state index in [1.807, 2.05) is 0 Å². The Morgan fingerprint density at radius 3 is 2.39 bits per heavy atom. The minimum absolute atomic E-state index is 0.223. The molecule has 0 saturated heterocycles. The van der Waals surface area contributed by atoms with Crippen LogP contribution in [0, 0.1) is 12.7 Å². The largest absolute Gasteiger partial charge is 0.268 e. The topological polar surface area (TPSA) is 50.3 Å². The lowest BCUT2D eigenvalue weighted by Crippen LogP contribution is -2.29. The van der Waals surface area contributed by atoms with Crippen LogP contribution in [-0.2, 0) is 0 Å². The molecule has 4 nitrogen and oxygen atoms in total.